The number of anilines is 2. The van der Waals surface area contributed by atoms with Gasteiger partial charge in [0.25, 0.3) is 5.91 Å². The highest BCUT2D eigenvalue weighted by molar-refractivity contribution is 5.95. The zero-order chi connectivity index (χ0) is 22.4. The van der Waals surface area contributed by atoms with Crippen molar-refractivity contribution < 1.29 is 14.8 Å². The lowest BCUT2D eigenvalue weighted by Gasteiger charge is -2.30. The number of carbonyl (C=O) groups excluding carboxylic acids is 2. The fourth-order valence-electron chi connectivity index (χ4n) is 4.18. The Morgan fingerprint density at radius 1 is 1.06 bits per heavy atom. The number of hydrogen-bond acceptors (Lipinski definition) is 4. The van der Waals surface area contributed by atoms with Gasteiger partial charge in [-0.2, -0.15) is 0 Å². The average molecular weight is 424 g/mol. The summed E-state index contributed by atoms with van der Waals surface area (Å²) in [6, 6.07) is 12.3. The van der Waals surface area contributed by atoms with E-state index in [1.807, 2.05) is 18.2 Å². The van der Waals surface area contributed by atoms with Crippen LogP contribution in [0.25, 0.3) is 0 Å². The van der Waals surface area contributed by atoms with E-state index >= 15 is 0 Å². The van der Waals surface area contributed by atoms with E-state index in [1.54, 1.807) is 5.48 Å². The predicted octanol–water partition coefficient (Wildman–Crippen LogP) is 5.20. The van der Waals surface area contributed by atoms with Gasteiger partial charge in [0.2, 0.25) is 5.91 Å². The number of unbranched alkanes of at least 4 members (excludes halogenated alkanes) is 3. The summed E-state index contributed by atoms with van der Waals surface area (Å²) in [6.45, 7) is 7.21. The van der Waals surface area contributed by atoms with Crippen LogP contribution >= 0.6 is 0 Å². The van der Waals surface area contributed by atoms with Crippen LogP contribution in [-0.4, -0.2) is 23.6 Å². The van der Waals surface area contributed by atoms with Crippen LogP contribution in [0.5, 0.6) is 0 Å². The van der Waals surface area contributed by atoms with Crippen LogP contribution in [0.2, 0.25) is 0 Å². The van der Waals surface area contributed by atoms with Crippen LogP contribution < -0.4 is 16.1 Å². The molecule has 0 bridgehead atoms. The smallest absolute Gasteiger partial charge is 0.251 e. The lowest BCUT2D eigenvalue weighted by molar-refractivity contribution is -0.129. The van der Waals surface area contributed by atoms with Crippen LogP contribution in [0.3, 0.4) is 0 Å². The molecule has 1 atom stereocenters. The maximum atomic E-state index is 12.6. The van der Waals surface area contributed by atoms with Gasteiger partial charge < -0.3 is 10.6 Å². The van der Waals surface area contributed by atoms with Crippen molar-refractivity contribution in [2.24, 2.45) is 0 Å². The van der Waals surface area contributed by atoms with Gasteiger partial charge in [0.15, 0.2) is 0 Å². The molecule has 1 aliphatic rings. The zero-order valence-corrected chi connectivity index (χ0v) is 18.6. The van der Waals surface area contributed by atoms with Crippen molar-refractivity contribution in [3.05, 3.63) is 58.7 Å². The summed E-state index contributed by atoms with van der Waals surface area (Å²) in [7, 11) is 0. The summed E-state index contributed by atoms with van der Waals surface area (Å²) in [5.74, 6) is 0.241. The lowest BCUT2D eigenvalue weighted by Crippen LogP contribution is -2.25. The van der Waals surface area contributed by atoms with Crippen molar-refractivity contribution in [2.45, 2.75) is 64.7 Å². The van der Waals surface area contributed by atoms with E-state index in [0.29, 0.717) is 24.4 Å². The SMILES string of the molecule is CC(C)c1cccc2c1Nc1ccc(C(=O)NCCCCCCC(=O)NO)cc1C2C. The number of hydrogen-bond donors (Lipinski definition) is 4. The van der Waals surface area contributed by atoms with Crippen molar-refractivity contribution in [3.63, 3.8) is 0 Å². The Bertz CT molecular complexity index is 940. The third kappa shape index (κ3) is 5.44. The molecule has 166 valence electrons. The quantitative estimate of drug-likeness (QED) is 0.253. The largest absolute Gasteiger partial charge is 0.355 e. The Hall–Kier alpha value is -2.86. The van der Waals surface area contributed by atoms with Gasteiger partial charge in [-0.15, -0.1) is 0 Å². The van der Waals surface area contributed by atoms with E-state index in [9.17, 15) is 9.59 Å². The zero-order valence-electron chi connectivity index (χ0n) is 18.6. The molecule has 6 heteroatoms. The second-order valence-corrected chi connectivity index (χ2v) is 8.57. The molecular formula is C25H33N3O3. The first kappa shape index (κ1) is 22.8. The van der Waals surface area contributed by atoms with Crippen LogP contribution in [0.4, 0.5) is 11.4 Å². The minimum absolute atomic E-state index is 0.0589. The molecular weight excluding hydrogens is 390 g/mol. The minimum atomic E-state index is -0.354. The number of carbonyl (C=O) groups is 2. The summed E-state index contributed by atoms with van der Waals surface area (Å²) in [4.78, 5) is 23.6. The Morgan fingerprint density at radius 3 is 2.58 bits per heavy atom. The molecule has 1 heterocycles. The number of para-hydroxylation sites is 1. The number of amides is 2. The monoisotopic (exact) mass is 423 g/mol. The normalized spacial score (nSPS) is 14.4. The molecule has 2 amide bonds. The number of nitrogens with one attached hydrogen (secondary N) is 3. The van der Waals surface area contributed by atoms with Gasteiger partial charge in [-0.25, -0.2) is 5.48 Å². The lowest BCUT2D eigenvalue weighted by atomic mass is 9.83. The number of fused-ring (bicyclic) bond motifs is 2. The Balaban J connectivity index is 1.57. The Kier molecular flexibility index (Phi) is 7.69. The van der Waals surface area contributed by atoms with Crippen LogP contribution in [0.15, 0.2) is 36.4 Å². The molecule has 0 aromatic heterocycles. The van der Waals surface area contributed by atoms with Crippen molar-refractivity contribution in [1.82, 2.24) is 10.8 Å². The summed E-state index contributed by atoms with van der Waals surface area (Å²) < 4.78 is 0. The highest BCUT2D eigenvalue weighted by atomic mass is 16.5. The molecule has 2 aromatic carbocycles. The molecule has 0 aliphatic carbocycles. The van der Waals surface area contributed by atoms with E-state index in [4.69, 9.17) is 5.21 Å². The average Bonchev–Trinajstić information content (AvgIpc) is 2.77. The van der Waals surface area contributed by atoms with Gasteiger partial charge in [0, 0.05) is 35.8 Å². The van der Waals surface area contributed by atoms with Crippen molar-refractivity contribution in [3.8, 4) is 0 Å². The standard InChI is InChI=1S/C25H33N3O3/c1-16(2)19-9-8-10-20-17(3)21-15-18(12-13-22(21)27-24(19)20)25(30)26-14-7-5-4-6-11-23(29)28-31/h8-10,12-13,15-17,27,31H,4-7,11,14H2,1-3H3,(H,26,30)(H,28,29). The maximum Gasteiger partial charge on any atom is 0.251 e. The van der Waals surface area contributed by atoms with Crippen molar-refractivity contribution in [1.29, 1.82) is 0 Å². The highest BCUT2D eigenvalue weighted by Crippen LogP contribution is 2.44. The van der Waals surface area contributed by atoms with E-state index in [-0.39, 0.29) is 17.7 Å². The summed E-state index contributed by atoms with van der Waals surface area (Å²) in [5.41, 5.74) is 8.31. The highest BCUT2D eigenvalue weighted by Gasteiger charge is 2.25. The molecule has 1 unspecified atom stereocenters. The first-order chi connectivity index (χ1) is 14.9. The number of benzene rings is 2. The molecule has 3 rings (SSSR count). The van der Waals surface area contributed by atoms with Crippen molar-refractivity contribution >= 4 is 23.2 Å². The molecule has 1 aliphatic heterocycles. The van der Waals surface area contributed by atoms with Gasteiger partial charge in [-0.1, -0.05) is 51.8 Å². The topological polar surface area (TPSA) is 90.5 Å². The molecule has 0 radical (unpaired) electrons. The molecule has 4 N–H and O–H groups in total. The fraction of sp³-hybridized carbons (Fsp3) is 0.440. The third-order valence-corrected chi connectivity index (χ3v) is 6.00. The number of rotatable bonds is 9. The second-order valence-electron chi connectivity index (χ2n) is 8.57. The van der Waals surface area contributed by atoms with Crippen LogP contribution in [-0.2, 0) is 4.79 Å². The maximum absolute atomic E-state index is 12.6. The van der Waals surface area contributed by atoms with Gasteiger partial charge in [0.05, 0.1) is 0 Å². The van der Waals surface area contributed by atoms with Crippen LogP contribution in [0, 0.1) is 0 Å². The predicted molar refractivity (Wildman–Crippen MR) is 123 cm³/mol. The third-order valence-electron chi connectivity index (χ3n) is 6.00. The van der Waals surface area contributed by atoms with E-state index in [0.717, 1.165) is 36.9 Å². The van der Waals surface area contributed by atoms with Gasteiger partial charge in [-0.05, 0) is 53.6 Å². The van der Waals surface area contributed by atoms with E-state index < -0.39 is 0 Å². The summed E-state index contributed by atoms with van der Waals surface area (Å²) in [5, 5.41) is 15.1. The molecule has 0 saturated carbocycles. The Labute approximate surface area is 184 Å². The van der Waals surface area contributed by atoms with Gasteiger partial charge in [0.1, 0.15) is 0 Å². The fourth-order valence-corrected chi connectivity index (χ4v) is 4.18. The van der Waals surface area contributed by atoms with Gasteiger partial charge >= 0.3 is 0 Å². The molecule has 0 fully saturated rings. The van der Waals surface area contributed by atoms with E-state index in [2.05, 4.69) is 49.6 Å². The van der Waals surface area contributed by atoms with Crippen molar-refractivity contribution in [2.75, 3.05) is 11.9 Å². The Morgan fingerprint density at radius 2 is 1.84 bits per heavy atom. The van der Waals surface area contributed by atoms with E-state index in [1.165, 1.54) is 16.8 Å². The summed E-state index contributed by atoms with van der Waals surface area (Å²) >= 11 is 0. The molecule has 31 heavy (non-hydrogen) atoms. The number of hydroxylamine groups is 1. The first-order valence-electron chi connectivity index (χ1n) is 11.2. The first-order valence-corrected chi connectivity index (χ1v) is 11.2. The van der Waals surface area contributed by atoms with Gasteiger partial charge in [-0.3, -0.25) is 14.8 Å². The molecule has 0 spiro atoms. The summed E-state index contributed by atoms with van der Waals surface area (Å²) in [6.07, 6.45) is 3.74. The molecule has 6 nitrogen and oxygen atoms in total. The van der Waals surface area contributed by atoms with Crippen LogP contribution in [0.1, 0.15) is 91.8 Å². The molecule has 0 saturated heterocycles. The second kappa shape index (κ2) is 10.4. The molecule has 2 aromatic rings. The minimum Gasteiger partial charge on any atom is -0.355 e.